The minimum absolute atomic E-state index is 0.0288. The van der Waals surface area contributed by atoms with Crippen molar-refractivity contribution in [1.82, 2.24) is 0 Å². The first-order valence-electron chi connectivity index (χ1n) is 15.3. The molecule has 0 bridgehead atoms. The number of hydrogen-bond donors (Lipinski definition) is 0. The van der Waals surface area contributed by atoms with Crippen LogP contribution in [-0.4, -0.2) is 66.8 Å². The van der Waals surface area contributed by atoms with E-state index in [1.807, 2.05) is 24.3 Å². The number of benzene rings is 1. The van der Waals surface area contributed by atoms with Crippen molar-refractivity contribution in [1.29, 1.82) is 0 Å². The summed E-state index contributed by atoms with van der Waals surface area (Å²) >= 11 is 0. The van der Waals surface area contributed by atoms with Crippen LogP contribution < -0.4 is 4.74 Å². The zero-order valence-corrected chi connectivity index (χ0v) is 29.6. The van der Waals surface area contributed by atoms with Crippen molar-refractivity contribution in [3.8, 4) is 5.75 Å². The molecule has 3 rings (SSSR count). The monoisotopic (exact) mass is 608 g/mol. The Morgan fingerprint density at radius 1 is 0.927 bits per heavy atom. The summed E-state index contributed by atoms with van der Waals surface area (Å²) < 4.78 is 39.4. The molecule has 0 radical (unpaired) electrons. The van der Waals surface area contributed by atoms with Gasteiger partial charge in [0, 0.05) is 18.8 Å². The molecule has 234 valence electrons. The molecule has 0 N–H and O–H groups in total. The molecule has 0 aliphatic carbocycles. The Morgan fingerprint density at radius 3 is 2.02 bits per heavy atom. The second kappa shape index (κ2) is 13.3. The predicted octanol–water partition coefficient (Wildman–Crippen LogP) is 7.49. The molecular weight excluding hydrogens is 553 g/mol. The van der Waals surface area contributed by atoms with Crippen LogP contribution in [0, 0.1) is 5.92 Å². The van der Waals surface area contributed by atoms with E-state index in [0.717, 1.165) is 24.0 Å². The molecule has 2 saturated heterocycles. The van der Waals surface area contributed by atoms with Crippen LogP contribution in [0.15, 0.2) is 24.3 Å². The van der Waals surface area contributed by atoms with Gasteiger partial charge in [0.15, 0.2) is 22.9 Å². The molecule has 0 saturated carbocycles. The van der Waals surface area contributed by atoms with Crippen molar-refractivity contribution in [3.63, 3.8) is 0 Å². The van der Waals surface area contributed by atoms with Gasteiger partial charge in [0.25, 0.3) is 0 Å². The summed E-state index contributed by atoms with van der Waals surface area (Å²) in [7, 11) is -2.64. The van der Waals surface area contributed by atoms with Gasteiger partial charge in [-0.25, -0.2) is 0 Å². The van der Waals surface area contributed by atoms with Gasteiger partial charge in [-0.3, -0.25) is 0 Å². The maximum atomic E-state index is 11.8. The van der Waals surface area contributed by atoms with Gasteiger partial charge in [-0.15, -0.1) is 0 Å². The third-order valence-corrected chi connectivity index (χ3v) is 18.8. The lowest BCUT2D eigenvalue weighted by Crippen LogP contribution is -2.64. The summed E-state index contributed by atoms with van der Waals surface area (Å²) in [6.45, 7) is 25.2. The molecule has 41 heavy (non-hydrogen) atoms. The Hall–Kier alpha value is -1.08. The average molecular weight is 609 g/mol. The van der Waals surface area contributed by atoms with Crippen LogP contribution in [0.3, 0.4) is 0 Å². The Bertz CT molecular complexity index is 983. The van der Waals surface area contributed by atoms with Crippen LogP contribution in [0.1, 0.15) is 73.3 Å². The Balaban J connectivity index is 1.90. The van der Waals surface area contributed by atoms with Crippen LogP contribution in [0.2, 0.25) is 36.3 Å². The summed E-state index contributed by atoms with van der Waals surface area (Å²) in [5.41, 5.74) is 1.04. The molecule has 0 aromatic heterocycles. The number of carbonyl (C=O) groups is 1. The van der Waals surface area contributed by atoms with Crippen molar-refractivity contribution < 1.29 is 32.6 Å². The number of methoxy groups -OCH3 is 1. The summed E-state index contributed by atoms with van der Waals surface area (Å²) in [5, 5.41) is 0.0756. The first-order chi connectivity index (χ1) is 18.9. The van der Waals surface area contributed by atoms with E-state index in [1.54, 1.807) is 7.11 Å². The third-order valence-electron chi connectivity index (χ3n) is 9.86. The minimum atomic E-state index is -2.17. The topological polar surface area (TPSA) is 72.5 Å². The van der Waals surface area contributed by atoms with Gasteiger partial charge in [-0.2, -0.15) is 0 Å². The molecule has 7 atom stereocenters. The molecule has 0 spiro atoms. The van der Waals surface area contributed by atoms with E-state index in [1.165, 1.54) is 0 Å². The smallest absolute Gasteiger partial charge is 0.195 e. The van der Waals surface area contributed by atoms with Gasteiger partial charge in [-0.05, 0) is 60.4 Å². The van der Waals surface area contributed by atoms with Gasteiger partial charge >= 0.3 is 0 Å². The number of rotatable bonds is 11. The van der Waals surface area contributed by atoms with Crippen molar-refractivity contribution in [2.24, 2.45) is 5.92 Å². The largest absolute Gasteiger partial charge is 0.497 e. The Labute approximate surface area is 251 Å². The van der Waals surface area contributed by atoms with Crippen LogP contribution >= 0.6 is 0 Å². The molecule has 2 aliphatic heterocycles. The molecule has 2 heterocycles. The van der Waals surface area contributed by atoms with Crippen molar-refractivity contribution in [2.75, 3.05) is 7.11 Å². The highest BCUT2D eigenvalue weighted by atomic mass is 28.4. The molecule has 0 unspecified atom stereocenters. The zero-order valence-electron chi connectivity index (χ0n) is 27.6. The molecule has 9 heteroatoms. The summed E-state index contributed by atoms with van der Waals surface area (Å²) in [6.07, 6.45) is 1.000. The standard InChI is InChI=1S/C32H56O7Si2/c1-13-24-28(35-21-22-14-16-23(34-8)17-15-22)25(18-19-33)36-26-20-27(38-40(9,10)31(2,3)4)30(37-29(24)26)39-41(11,12)32(5,6)7/h14-17,19,24-30H,13,18,20-21H2,1-12H3/t24-,25+,26+,27+,28-,29+,30-/m1/s1. The summed E-state index contributed by atoms with van der Waals surface area (Å²) in [6, 6.07) is 7.87. The molecule has 1 aromatic carbocycles. The van der Waals surface area contributed by atoms with E-state index < -0.39 is 22.9 Å². The first kappa shape index (κ1) is 34.4. The van der Waals surface area contributed by atoms with E-state index in [9.17, 15) is 4.79 Å². The van der Waals surface area contributed by atoms with Crippen LogP contribution in [0.4, 0.5) is 0 Å². The second-order valence-corrected chi connectivity index (χ2v) is 24.3. The zero-order chi connectivity index (χ0) is 30.8. The quantitative estimate of drug-likeness (QED) is 0.190. The van der Waals surface area contributed by atoms with Gasteiger partial charge in [0.2, 0.25) is 0 Å². The number of hydrogen-bond acceptors (Lipinski definition) is 7. The molecule has 1 aromatic rings. The second-order valence-electron chi connectivity index (χ2n) is 14.8. The van der Waals surface area contributed by atoms with Crippen LogP contribution in [0.25, 0.3) is 0 Å². The molecule has 2 aliphatic rings. The number of fused-ring (bicyclic) bond motifs is 1. The van der Waals surface area contributed by atoms with Crippen molar-refractivity contribution >= 4 is 22.9 Å². The van der Waals surface area contributed by atoms with E-state index >= 15 is 0 Å². The highest BCUT2D eigenvalue weighted by Gasteiger charge is 2.54. The molecule has 0 amide bonds. The maximum absolute atomic E-state index is 11.8. The Kier molecular flexibility index (Phi) is 11.1. The molecule has 2 fully saturated rings. The van der Waals surface area contributed by atoms with E-state index in [4.69, 9.17) is 27.8 Å². The molecule has 7 nitrogen and oxygen atoms in total. The van der Waals surface area contributed by atoms with Crippen LogP contribution in [0.5, 0.6) is 5.75 Å². The van der Waals surface area contributed by atoms with Gasteiger partial charge in [-0.1, -0.05) is 60.6 Å². The average Bonchev–Trinajstić information content (AvgIpc) is 2.86. The lowest BCUT2D eigenvalue weighted by molar-refractivity contribution is -0.304. The fourth-order valence-corrected chi connectivity index (χ4v) is 7.66. The Morgan fingerprint density at radius 2 is 1.51 bits per heavy atom. The number of aldehydes is 1. The summed E-state index contributed by atoms with van der Waals surface area (Å²) in [4.78, 5) is 11.8. The van der Waals surface area contributed by atoms with Crippen molar-refractivity contribution in [2.45, 2.75) is 147 Å². The fraction of sp³-hybridized carbons (Fsp3) is 0.781. The van der Waals surface area contributed by atoms with Crippen LogP contribution in [-0.2, 0) is 34.5 Å². The van der Waals surface area contributed by atoms with E-state index in [-0.39, 0.29) is 52.9 Å². The SMILES string of the molecule is CC[C@@H]1[C@@H](OCc2ccc(OC)cc2)[C@H](CC=O)O[C@H]2C[C@H](O[Si](C)(C)C(C)(C)C)[C@@H](O[Si](C)(C)C(C)(C)C)O[C@@H]12. The third kappa shape index (κ3) is 8.10. The lowest BCUT2D eigenvalue weighted by Gasteiger charge is -2.54. The summed E-state index contributed by atoms with van der Waals surface area (Å²) in [5.74, 6) is 0.858. The predicted molar refractivity (Wildman–Crippen MR) is 168 cm³/mol. The first-order valence-corrected chi connectivity index (χ1v) is 21.1. The van der Waals surface area contributed by atoms with Crippen molar-refractivity contribution in [3.05, 3.63) is 29.8 Å². The normalized spacial score (nSPS) is 29.6. The lowest BCUT2D eigenvalue weighted by atomic mass is 9.80. The molecular formula is C32H56O7Si2. The number of carbonyl (C=O) groups excluding carboxylic acids is 1. The maximum Gasteiger partial charge on any atom is 0.195 e. The highest BCUT2D eigenvalue weighted by molar-refractivity contribution is 6.74. The minimum Gasteiger partial charge on any atom is -0.497 e. The van der Waals surface area contributed by atoms with Gasteiger partial charge < -0.3 is 32.6 Å². The fourth-order valence-electron chi connectivity index (χ4n) is 5.20. The van der Waals surface area contributed by atoms with E-state index in [2.05, 4.69) is 74.7 Å². The van der Waals surface area contributed by atoms with Gasteiger partial charge in [0.05, 0.1) is 44.2 Å². The highest BCUT2D eigenvalue weighted by Crippen LogP contribution is 2.46. The number of ether oxygens (including phenoxy) is 4. The van der Waals surface area contributed by atoms with Gasteiger partial charge in [0.1, 0.15) is 12.0 Å². The van der Waals surface area contributed by atoms with E-state index in [0.29, 0.717) is 13.0 Å².